The van der Waals surface area contributed by atoms with Crippen LogP contribution in [0.2, 0.25) is 0 Å². The van der Waals surface area contributed by atoms with Gasteiger partial charge < -0.3 is 38.6 Å². The summed E-state index contributed by atoms with van der Waals surface area (Å²) in [6.45, 7) is 73.4. The Bertz CT molecular complexity index is 3310. The van der Waals surface area contributed by atoms with Crippen LogP contribution < -0.4 is 4.74 Å². The van der Waals surface area contributed by atoms with Crippen LogP contribution in [0.15, 0.2) is 98.4 Å². The third-order valence-electron chi connectivity index (χ3n) is 18.8. The van der Waals surface area contributed by atoms with Gasteiger partial charge in [0, 0.05) is 105 Å². The number of phenols is 2. The van der Waals surface area contributed by atoms with E-state index in [9.17, 15) is 10.2 Å². The number of morpholine rings is 2. The minimum absolute atomic E-state index is 0.0624. The summed E-state index contributed by atoms with van der Waals surface area (Å²) >= 11 is 7.57. The molecule has 2 fully saturated rings. The first-order valence-electron chi connectivity index (χ1n) is 36.4. The smallest absolute Gasteiger partial charge is 0.189 e. The molecule has 2 aliphatic heterocycles. The maximum Gasteiger partial charge on any atom is 0.189 e. The molecule has 0 unspecified atom stereocenters. The predicted molar refractivity (Wildman–Crippen MR) is 426 cm³/mol. The molecule has 0 saturated carbocycles. The van der Waals surface area contributed by atoms with Crippen LogP contribution in [0, 0.1) is 6.92 Å². The molecule has 0 amide bonds. The van der Waals surface area contributed by atoms with Crippen molar-refractivity contribution in [2.45, 2.75) is 277 Å². The van der Waals surface area contributed by atoms with Crippen LogP contribution in [0.4, 0.5) is 0 Å². The molecule has 0 aromatic heterocycles. The summed E-state index contributed by atoms with van der Waals surface area (Å²) in [5.74, 6) is 1.75. The zero-order valence-corrected chi connectivity index (χ0v) is 69.9. The van der Waals surface area contributed by atoms with Crippen LogP contribution in [0.25, 0.3) is 0 Å². The Morgan fingerprint density at radius 2 is 0.697 bits per heavy atom. The van der Waals surface area contributed by atoms with Gasteiger partial charge in [-0.15, -0.1) is 47.0 Å². The number of hydrogen-bond acceptors (Lipinski definition) is 14. The molecule has 5 aromatic rings. The van der Waals surface area contributed by atoms with Crippen LogP contribution in [0.5, 0.6) is 17.2 Å². The summed E-state index contributed by atoms with van der Waals surface area (Å²) in [5, 5.41) is 22.9. The summed E-state index contributed by atoms with van der Waals surface area (Å²) in [5.41, 5.74) is 10.7. The summed E-state index contributed by atoms with van der Waals surface area (Å²) in [4.78, 5) is 9.71. The number of nitrogens with zero attached hydrogens (tertiary/aromatic N) is 2. The van der Waals surface area contributed by atoms with Gasteiger partial charge in [0.1, 0.15) is 17.2 Å². The maximum atomic E-state index is 11.6. The second-order valence-electron chi connectivity index (χ2n) is 35.9. The molecule has 2 N–H and O–H groups in total. The Hall–Kier alpha value is -3.38. The Morgan fingerprint density at radius 1 is 0.384 bits per heavy atom. The Morgan fingerprint density at radius 3 is 1.06 bits per heavy atom. The number of benzene rings is 5. The third kappa shape index (κ3) is 25.7. The molecule has 99 heavy (non-hydrogen) atoms. The number of ether oxygens (including phenoxy) is 6. The second-order valence-corrected chi connectivity index (χ2v) is 43.2. The van der Waals surface area contributed by atoms with E-state index >= 15 is 0 Å². The highest BCUT2D eigenvalue weighted by Gasteiger charge is 2.36. The van der Waals surface area contributed by atoms with Crippen molar-refractivity contribution >= 4 is 47.0 Å². The molecule has 2 aliphatic rings. The van der Waals surface area contributed by atoms with Crippen molar-refractivity contribution in [3.63, 3.8) is 0 Å². The van der Waals surface area contributed by atoms with Crippen LogP contribution in [-0.4, -0.2) is 127 Å². The fourth-order valence-corrected chi connectivity index (χ4v) is 18.1. The monoisotopic (exact) mass is 1440 g/mol. The first-order valence-corrected chi connectivity index (χ1v) is 39.7. The van der Waals surface area contributed by atoms with Crippen molar-refractivity contribution in [3.05, 3.63) is 134 Å². The molecule has 0 bridgehead atoms. The lowest BCUT2D eigenvalue weighted by atomic mass is 9.77. The van der Waals surface area contributed by atoms with Crippen molar-refractivity contribution in [1.82, 2.24) is 9.80 Å². The van der Waals surface area contributed by atoms with E-state index in [4.69, 9.17) is 28.4 Å². The number of thioether (sulfide) groups is 4. The summed E-state index contributed by atoms with van der Waals surface area (Å²) < 4.78 is 35.8. The molecule has 0 radical (unpaired) electrons. The first kappa shape index (κ1) is 84.6. The lowest BCUT2D eigenvalue weighted by Gasteiger charge is -2.34. The van der Waals surface area contributed by atoms with Crippen molar-refractivity contribution in [1.29, 1.82) is 0 Å². The largest absolute Gasteiger partial charge is 0.507 e. The fraction of sp³-hybridized carbons (Fsp3) is 0.647. The topological polar surface area (TPSA) is 102 Å². The second kappa shape index (κ2) is 34.7. The molecule has 2 saturated heterocycles. The van der Waals surface area contributed by atoms with E-state index in [1.807, 2.05) is 65.2 Å². The van der Waals surface area contributed by atoms with Gasteiger partial charge in [-0.3, -0.25) is 9.80 Å². The van der Waals surface area contributed by atoms with Gasteiger partial charge >= 0.3 is 0 Å². The predicted octanol–water partition coefficient (Wildman–Crippen LogP) is 21.7. The molecule has 5 aromatic carbocycles. The molecule has 7 rings (SSSR count). The maximum absolute atomic E-state index is 11.6. The van der Waals surface area contributed by atoms with Crippen molar-refractivity contribution < 1.29 is 38.6 Å². The average molecular weight is 1440 g/mol. The minimum atomic E-state index is -0.267. The van der Waals surface area contributed by atoms with Crippen LogP contribution in [-0.2, 0) is 73.6 Å². The summed E-state index contributed by atoms with van der Waals surface area (Å²) in [6, 6.07) is 28.7. The Balaban J connectivity index is 0.000000318. The van der Waals surface area contributed by atoms with E-state index in [0.29, 0.717) is 37.9 Å². The third-order valence-corrected chi connectivity index (χ3v) is 23.7. The van der Waals surface area contributed by atoms with Crippen LogP contribution >= 0.6 is 47.0 Å². The molecule has 2 heterocycles. The normalized spacial score (nSPS) is 15.5. The zero-order valence-electron chi connectivity index (χ0n) is 66.6. The Labute approximate surface area is 619 Å². The van der Waals surface area contributed by atoms with Crippen molar-refractivity contribution in [2.75, 3.05) is 98.9 Å². The lowest BCUT2D eigenvalue weighted by Crippen LogP contribution is -2.38. The summed E-state index contributed by atoms with van der Waals surface area (Å²) in [6.07, 6.45) is 1.69. The van der Waals surface area contributed by atoms with Gasteiger partial charge in [0.25, 0.3) is 0 Å². The van der Waals surface area contributed by atoms with E-state index in [2.05, 4.69) is 257 Å². The Kier molecular flexibility index (Phi) is 29.6. The molecular weight excluding hydrogens is 1310 g/mol. The quantitative estimate of drug-likeness (QED) is 0.0296. The summed E-state index contributed by atoms with van der Waals surface area (Å²) in [7, 11) is 0. The van der Waals surface area contributed by atoms with E-state index < -0.39 is 0 Å². The highest BCUT2D eigenvalue weighted by atomic mass is 32.2. The SMILES string of the molecule is CC(C)(Sc1cc(C(C)(C)C)c(O)c(C(C)(C)C)c1)Sc1cc(C(C)(C)C)c(O)c(C(C)(C)CCOCCN2CCOCC2)c1.Cc1c(C(C)(C)C)cc(SC(C)(C)Sc2cc(C(C)(C)C)c(OCOCc3ccccc3)c(C(C)(C)CCOCCN3CCOCC3)c2)cc1C(C)(C)C. The fourth-order valence-electron chi connectivity index (χ4n) is 12.9. The van der Waals surface area contributed by atoms with E-state index in [1.165, 1.54) is 37.6 Å². The van der Waals surface area contributed by atoms with Gasteiger partial charge in [-0.25, -0.2) is 0 Å². The van der Waals surface area contributed by atoms with Gasteiger partial charge in [-0.1, -0.05) is 183 Å². The van der Waals surface area contributed by atoms with Gasteiger partial charge in [-0.05, 0) is 162 Å². The molecule has 0 spiro atoms. The lowest BCUT2D eigenvalue weighted by molar-refractivity contribution is 0.00271. The van der Waals surface area contributed by atoms with Crippen LogP contribution in [0.3, 0.4) is 0 Å². The molecule has 0 aliphatic carbocycles. The first-order chi connectivity index (χ1) is 45.6. The van der Waals surface area contributed by atoms with Gasteiger partial charge in [0.15, 0.2) is 6.79 Å². The number of hydrogen-bond donors (Lipinski definition) is 2. The average Bonchev–Trinajstić information content (AvgIpc) is 0.781. The standard InChI is InChI=1S/C47H71NO4S2.C38H61NO4S2/c1-34-38(43(2,3)4)28-36(29-39(34)44(5,6)7)53-47(13,14)54-37-30-40(45(8,9)10)42(52-33-51-32-35-18-16-15-17-19-35)41(31-37)46(11,12)20-24-49-25-21-48-22-26-50-27-23-48;1-34(2,3)28-22-26(23-29(32(28)40)35(4,5)6)44-38(12,13)45-27-24-30(36(7,8)9)33(41)31(25-27)37(10,11)14-18-42-19-15-39-16-20-43-21-17-39/h15-19,28-31H,20-27,32-33H2,1-14H3;22-25,40-41H,14-21H2,1-13H3. The number of phenolic OH excluding ortho intramolecular Hbond substituents is 2. The van der Waals surface area contributed by atoms with E-state index in [-0.39, 0.29) is 58.3 Å². The number of rotatable bonds is 27. The van der Waals surface area contributed by atoms with Crippen molar-refractivity contribution in [2.24, 2.45) is 0 Å². The highest BCUT2D eigenvalue weighted by molar-refractivity contribution is 8.18. The highest BCUT2D eigenvalue weighted by Crippen LogP contribution is 2.54. The molecule has 10 nitrogen and oxygen atoms in total. The van der Waals surface area contributed by atoms with Gasteiger partial charge in [0.2, 0.25) is 0 Å². The molecule has 14 heteroatoms. The van der Waals surface area contributed by atoms with Gasteiger partial charge in [0.05, 0.1) is 54.4 Å². The minimum Gasteiger partial charge on any atom is -0.507 e. The number of aromatic hydroxyl groups is 2. The molecule has 554 valence electrons. The molecule has 0 atom stereocenters. The molecular formula is C85H132N2O8S4. The zero-order chi connectivity index (χ0) is 74.0. The van der Waals surface area contributed by atoms with Crippen molar-refractivity contribution in [3.8, 4) is 17.2 Å². The van der Waals surface area contributed by atoms with Gasteiger partial charge in [-0.2, -0.15) is 0 Å². The van der Waals surface area contributed by atoms with Crippen LogP contribution in [0.1, 0.15) is 248 Å². The van der Waals surface area contributed by atoms with E-state index in [0.717, 1.165) is 129 Å². The van der Waals surface area contributed by atoms with E-state index in [1.54, 1.807) is 0 Å².